The molecule has 0 aliphatic rings. The third-order valence-electron chi connectivity index (χ3n) is 5.70. The van der Waals surface area contributed by atoms with Crippen LogP contribution in [0.3, 0.4) is 0 Å². The highest BCUT2D eigenvalue weighted by Crippen LogP contribution is 2.36. The van der Waals surface area contributed by atoms with Gasteiger partial charge in [0.2, 0.25) is 10.0 Å². The Morgan fingerprint density at radius 3 is 2.33 bits per heavy atom. The fourth-order valence-electron chi connectivity index (χ4n) is 3.71. The number of aromatic nitrogens is 3. The number of aliphatic hydroxyl groups excluding tert-OH is 1. The number of carbonyl (C=O) groups is 1. The first kappa shape index (κ1) is 31.6. The summed E-state index contributed by atoms with van der Waals surface area (Å²) in [5.41, 5.74) is -6.14. The van der Waals surface area contributed by atoms with Crippen LogP contribution in [-0.4, -0.2) is 46.4 Å². The van der Waals surface area contributed by atoms with Crippen LogP contribution < -0.4 is 14.8 Å². The molecule has 0 aliphatic heterocycles. The number of hydrogen-bond donors (Lipinski definition) is 3. The lowest BCUT2D eigenvalue weighted by Gasteiger charge is -2.23. The van der Waals surface area contributed by atoms with Crippen LogP contribution in [0.25, 0.3) is 16.9 Å². The van der Waals surface area contributed by atoms with Crippen LogP contribution in [-0.2, 0) is 22.4 Å². The average Bonchev–Trinajstić information content (AvgIpc) is 3.28. The standard InChI is InChI=1S/C25H20F7N5O5S/c1-23(2,12-38)36-43(40,41)15-5-3-4-14(9-15)34-22(39)42-19-11-33-37-20(25(30,31)32)10-18(35-21(19)37)13-6-7-16(17(26)8-13)24(27,28)29/h3-11,36,38H,12H2,1-2H3,(H,34,39). The van der Waals surface area contributed by atoms with Gasteiger partial charge in [0, 0.05) is 11.3 Å². The van der Waals surface area contributed by atoms with E-state index in [2.05, 4.69) is 20.1 Å². The second-order valence-electron chi connectivity index (χ2n) is 9.65. The van der Waals surface area contributed by atoms with Crippen molar-refractivity contribution in [2.24, 2.45) is 0 Å². The summed E-state index contributed by atoms with van der Waals surface area (Å²) in [6.07, 6.45) is -10.7. The molecule has 2 aromatic carbocycles. The molecule has 0 saturated heterocycles. The SMILES string of the molecule is CC(C)(CO)NS(=O)(=O)c1cccc(NC(=O)Oc2cnn3c(C(F)(F)F)cc(-c4ccc(C(F)(F)F)c(F)c4)nc23)c1. The number of carbonyl (C=O) groups excluding carboxylic acids is 1. The molecule has 0 spiro atoms. The number of sulfonamides is 1. The topological polar surface area (TPSA) is 135 Å². The first-order valence-electron chi connectivity index (χ1n) is 11.9. The van der Waals surface area contributed by atoms with Gasteiger partial charge in [-0.05, 0) is 50.2 Å². The van der Waals surface area contributed by atoms with Crippen LogP contribution in [0, 0.1) is 5.82 Å². The van der Waals surface area contributed by atoms with Crippen LogP contribution in [0.1, 0.15) is 25.1 Å². The lowest BCUT2D eigenvalue weighted by atomic mass is 10.1. The smallest absolute Gasteiger partial charge is 0.404 e. The molecule has 2 heterocycles. The van der Waals surface area contributed by atoms with Gasteiger partial charge in [-0.1, -0.05) is 12.1 Å². The molecule has 4 rings (SSSR count). The highest BCUT2D eigenvalue weighted by atomic mass is 32.2. The molecule has 0 saturated carbocycles. The minimum atomic E-state index is -5.07. The molecule has 0 fully saturated rings. The Bertz CT molecular complexity index is 1800. The van der Waals surface area contributed by atoms with E-state index in [1.54, 1.807) is 0 Å². The molecule has 43 heavy (non-hydrogen) atoms. The van der Waals surface area contributed by atoms with Crippen molar-refractivity contribution >= 4 is 27.5 Å². The molecular weight excluding hydrogens is 615 g/mol. The minimum Gasteiger partial charge on any atom is -0.404 e. The summed E-state index contributed by atoms with van der Waals surface area (Å²) < 4.78 is 127. The second-order valence-corrected chi connectivity index (χ2v) is 11.3. The molecular formula is C25H20F7N5O5S. The maximum atomic E-state index is 14.2. The number of benzene rings is 2. The summed E-state index contributed by atoms with van der Waals surface area (Å²) in [5, 5.41) is 15.1. The van der Waals surface area contributed by atoms with E-state index in [0.717, 1.165) is 18.3 Å². The van der Waals surface area contributed by atoms with Gasteiger partial charge in [0.1, 0.15) is 5.82 Å². The fraction of sp³-hybridized carbons (Fsp3) is 0.240. The van der Waals surface area contributed by atoms with E-state index in [-0.39, 0.29) is 15.1 Å². The number of alkyl halides is 6. The Kier molecular flexibility index (Phi) is 8.16. The van der Waals surface area contributed by atoms with Crippen molar-refractivity contribution in [3.8, 4) is 17.0 Å². The van der Waals surface area contributed by atoms with E-state index in [1.165, 1.54) is 32.0 Å². The van der Waals surface area contributed by atoms with Gasteiger partial charge >= 0.3 is 18.4 Å². The first-order chi connectivity index (χ1) is 19.8. The number of halogens is 7. The van der Waals surface area contributed by atoms with E-state index in [0.29, 0.717) is 18.2 Å². The van der Waals surface area contributed by atoms with Crippen molar-refractivity contribution in [2.75, 3.05) is 11.9 Å². The molecule has 1 amide bonds. The molecule has 0 bridgehead atoms. The van der Waals surface area contributed by atoms with E-state index in [4.69, 9.17) is 4.74 Å². The number of aliphatic hydroxyl groups is 1. The van der Waals surface area contributed by atoms with E-state index in [9.17, 15) is 49.1 Å². The molecule has 230 valence electrons. The lowest BCUT2D eigenvalue weighted by molar-refractivity contribution is -0.142. The number of hydrogen-bond acceptors (Lipinski definition) is 7. The van der Waals surface area contributed by atoms with Crippen LogP contribution in [0.5, 0.6) is 5.75 Å². The summed E-state index contributed by atoms with van der Waals surface area (Å²) in [6, 6.07) is 6.68. The number of nitrogens with zero attached hydrogens (tertiary/aromatic N) is 3. The third-order valence-corrected chi connectivity index (χ3v) is 7.40. The highest BCUT2D eigenvalue weighted by molar-refractivity contribution is 7.89. The van der Waals surface area contributed by atoms with Crippen molar-refractivity contribution in [3.05, 3.63) is 71.8 Å². The molecule has 2 aromatic heterocycles. The van der Waals surface area contributed by atoms with Crippen molar-refractivity contribution < 1.29 is 53.8 Å². The fourth-order valence-corrected chi connectivity index (χ4v) is 5.16. The molecule has 18 heteroatoms. The normalized spacial score (nSPS) is 12.9. The minimum absolute atomic E-state index is 0.101. The van der Waals surface area contributed by atoms with Crippen molar-refractivity contribution in [2.45, 2.75) is 36.6 Å². The number of anilines is 1. The summed E-state index contributed by atoms with van der Waals surface area (Å²) in [5.74, 6) is -2.36. The van der Waals surface area contributed by atoms with Crippen LogP contribution in [0.2, 0.25) is 0 Å². The number of nitrogens with one attached hydrogen (secondary N) is 2. The Morgan fingerprint density at radius 2 is 1.72 bits per heavy atom. The van der Waals surface area contributed by atoms with E-state index >= 15 is 0 Å². The quantitative estimate of drug-likeness (QED) is 0.237. The predicted octanol–water partition coefficient (Wildman–Crippen LogP) is 5.23. The Balaban J connectivity index is 1.66. The van der Waals surface area contributed by atoms with E-state index in [1.807, 2.05) is 0 Å². The Hall–Kier alpha value is -4.29. The van der Waals surface area contributed by atoms with Gasteiger partial charge in [-0.3, -0.25) is 5.32 Å². The third kappa shape index (κ3) is 7.03. The Labute approximate surface area is 238 Å². The van der Waals surface area contributed by atoms with E-state index < -0.39 is 80.3 Å². The van der Waals surface area contributed by atoms with Crippen LogP contribution >= 0.6 is 0 Å². The van der Waals surface area contributed by atoms with Crippen LogP contribution in [0.15, 0.2) is 59.6 Å². The molecule has 4 aromatic rings. The largest absolute Gasteiger partial charge is 0.433 e. The Morgan fingerprint density at radius 1 is 1.02 bits per heavy atom. The number of ether oxygens (including phenoxy) is 1. The highest BCUT2D eigenvalue weighted by Gasteiger charge is 2.37. The maximum absolute atomic E-state index is 14.2. The molecule has 0 aliphatic carbocycles. The zero-order chi connectivity index (χ0) is 32.0. The van der Waals surface area contributed by atoms with Crippen LogP contribution in [0.4, 0.5) is 41.2 Å². The summed E-state index contributed by atoms with van der Waals surface area (Å²) in [7, 11) is -4.15. The monoisotopic (exact) mass is 635 g/mol. The first-order valence-corrected chi connectivity index (χ1v) is 13.4. The molecule has 10 nitrogen and oxygen atoms in total. The van der Waals surface area contributed by atoms with Gasteiger partial charge in [0.15, 0.2) is 17.1 Å². The van der Waals surface area contributed by atoms with Gasteiger partial charge in [-0.25, -0.2) is 31.8 Å². The molecule has 0 atom stereocenters. The number of rotatable bonds is 7. The van der Waals surface area contributed by atoms with Gasteiger partial charge in [-0.15, -0.1) is 0 Å². The summed E-state index contributed by atoms with van der Waals surface area (Å²) in [6.45, 7) is 2.34. The zero-order valence-electron chi connectivity index (χ0n) is 21.9. The van der Waals surface area contributed by atoms with Gasteiger partial charge in [-0.2, -0.15) is 31.4 Å². The second kappa shape index (κ2) is 11.1. The molecule has 0 unspecified atom stereocenters. The number of amides is 1. The van der Waals surface area contributed by atoms with Gasteiger partial charge in [0.05, 0.1) is 34.5 Å². The number of fused-ring (bicyclic) bond motifs is 1. The lowest BCUT2D eigenvalue weighted by Crippen LogP contribution is -2.46. The van der Waals surface area contributed by atoms with Gasteiger partial charge in [0.25, 0.3) is 0 Å². The zero-order valence-corrected chi connectivity index (χ0v) is 22.7. The molecule has 0 radical (unpaired) electrons. The average molecular weight is 636 g/mol. The van der Waals surface area contributed by atoms with Crippen molar-refractivity contribution in [3.63, 3.8) is 0 Å². The van der Waals surface area contributed by atoms with Gasteiger partial charge < -0.3 is 9.84 Å². The maximum Gasteiger partial charge on any atom is 0.433 e. The molecule has 3 N–H and O–H groups in total. The van der Waals surface area contributed by atoms with Crippen molar-refractivity contribution in [1.29, 1.82) is 0 Å². The predicted molar refractivity (Wildman–Crippen MR) is 136 cm³/mol. The summed E-state index contributed by atoms with van der Waals surface area (Å²) in [4.78, 5) is 16.2. The van der Waals surface area contributed by atoms with Crippen molar-refractivity contribution in [1.82, 2.24) is 19.3 Å². The summed E-state index contributed by atoms with van der Waals surface area (Å²) >= 11 is 0.